The Balaban J connectivity index is 1.66. The lowest BCUT2D eigenvalue weighted by Gasteiger charge is -2.06. The molecule has 5 heteroatoms. The van der Waals surface area contributed by atoms with Crippen molar-refractivity contribution in [3.05, 3.63) is 51.5 Å². The van der Waals surface area contributed by atoms with Crippen LogP contribution in [0.1, 0.15) is 29.0 Å². The third-order valence-corrected chi connectivity index (χ3v) is 4.81. The van der Waals surface area contributed by atoms with Crippen LogP contribution in [0.15, 0.2) is 30.3 Å². The third kappa shape index (κ3) is 3.52. The number of aromatic nitrogens is 1. The van der Waals surface area contributed by atoms with E-state index in [-0.39, 0.29) is 5.91 Å². The summed E-state index contributed by atoms with van der Waals surface area (Å²) in [7, 11) is 0. The quantitative estimate of drug-likeness (QED) is 0.856. The van der Waals surface area contributed by atoms with Gasteiger partial charge in [-0.2, -0.15) is 0 Å². The molecule has 0 radical (unpaired) electrons. The van der Waals surface area contributed by atoms with Gasteiger partial charge in [0.05, 0.1) is 5.69 Å². The van der Waals surface area contributed by atoms with Gasteiger partial charge in [0.1, 0.15) is 0 Å². The van der Waals surface area contributed by atoms with Crippen LogP contribution in [-0.4, -0.2) is 10.9 Å². The second kappa shape index (κ2) is 6.41. The summed E-state index contributed by atoms with van der Waals surface area (Å²) < 4.78 is 0. The fourth-order valence-electron chi connectivity index (χ4n) is 2.33. The van der Waals surface area contributed by atoms with Gasteiger partial charge in [0.25, 0.3) is 0 Å². The second-order valence-electron chi connectivity index (χ2n) is 4.94. The van der Waals surface area contributed by atoms with Crippen molar-refractivity contribution >= 4 is 40.1 Å². The minimum Gasteiger partial charge on any atom is -0.298 e. The first kappa shape index (κ1) is 14.3. The molecule has 1 amide bonds. The fourth-order valence-corrected chi connectivity index (χ4v) is 3.58. The minimum atomic E-state index is -0.180. The number of halogens is 1. The molecule has 0 unspecified atom stereocenters. The molecular weight excluding hydrogens is 304 g/mol. The number of thiazole rings is 1. The summed E-state index contributed by atoms with van der Waals surface area (Å²) in [5.41, 5.74) is 1.98. The Kier molecular flexibility index (Phi) is 4.36. The normalized spacial score (nSPS) is 14.1. The number of fused-ring (bicyclic) bond motifs is 1. The molecular formula is C16H15ClN2OS. The van der Waals surface area contributed by atoms with Crippen molar-refractivity contribution in [1.82, 2.24) is 4.98 Å². The molecule has 3 nitrogen and oxygen atoms in total. The average molecular weight is 319 g/mol. The highest BCUT2D eigenvalue weighted by molar-refractivity contribution is 7.15. The van der Waals surface area contributed by atoms with Crippen molar-refractivity contribution in [3.63, 3.8) is 0 Å². The molecule has 21 heavy (non-hydrogen) atoms. The van der Waals surface area contributed by atoms with E-state index >= 15 is 0 Å². The van der Waals surface area contributed by atoms with Crippen molar-refractivity contribution in [2.45, 2.75) is 25.7 Å². The zero-order valence-corrected chi connectivity index (χ0v) is 13.0. The van der Waals surface area contributed by atoms with E-state index in [0.717, 1.165) is 24.1 Å². The van der Waals surface area contributed by atoms with E-state index in [2.05, 4.69) is 10.3 Å². The summed E-state index contributed by atoms with van der Waals surface area (Å²) in [4.78, 5) is 17.7. The lowest BCUT2D eigenvalue weighted by Crippen LogP contribution is -2.07. The monoisotopic (exact) mass is 318 g/mol. The number of hydrogen-bond acceptors (Lipinski definition) is 3. The van der Waals surface area contributed by atoms with E-state index in [9.17, 15) is 4.79 Å². The van der Waals surface area contributed by atoms with Crippen LogP contribution >= 0.6 is 22.9 Å². The van der Waals surface area contributed by atoms with Crippen molar-refractivity contribution in [3.8, 4) is 0 Å². The third-order valence-electron chi connectivity index (χ3n) is 3.40. The molecule has 0 fully saturated rings. The first-order valence-corrected chi connectivity index (χ1v) is 8.14. The molecule has 3 rings (SSSR count). The highest BCUT2D eigenvalue weighted by Gasteiger charge is 2.15. The van der Waals surface area contributed by atoms with Crippen LogP contribution in [0.25, 0.3) is 6.08 Å². The van der Waals surface area contributed by atoms with E-state index in [1.807, 2.05) is 18.2 Å². The molecule has 0 saturated heterocycles. The number of carbonyl (C=O) groups excluding carboxylic acids is 1. The Morgan fingerprint density at radius 3 is 2.90 bits per heavy atom. The molecule has 0 atom stereocenters. The Labute approximate surface area is 132 Å². The zero-order valence-electron chi connectivity index (χ0n) is 11.4. The maximum absolute atomic E-state index is 11.9. The SMILES string of the molecule is O=C(/C=C/c1ccccc1Cl)Nc1nc2c(s1)CCCC2. The maximum Gasteiger partial charge on any atom is 0.250 e. The Morgan fingerprint density at radius 1 is 1.29 bits per heavy atom. The van der Waals surface area contributed by atoms with E-state index in [1.165, 1.54) is 23.8 Å². The largest absolute Gasteiger partial charge is 0.298 e. The van der Waals surface area contributed by atoms with Crippen molar-refractivity contribution < 1.29 is 4.79 Å². The molecule has 1 aromatic heterocycles. The summed E-state index contributed by atoms with van der Waals surface area (Å²) in [5, 5.41) is 4.15. The van der Waals surface area contributed by atoms with E-state index < -0.39 is 0 Å². The first-order valence-electron chi connectivity index (χ1n) is 6.94. The summed E-state index contributed by atoms with van der Waals surface area (Å²) in [6, 6.07) is 7.42. The fraction of sp³-hybridized carbons (Fsp3) is 0.250. The number of carbonyl (C=O) groups is 1. The van der Waals surface area contributed by atoms with Gasteiger partial charge < -0.3 is 0 Å². The Hall–Kier alpha value is -1.65. The summed E-state index contributed by atoms with van der Waals surface area (Å²) in [6.07, 6.45) is 7.72. The van der Waals surface area contributed by atoms with Crippen LogP contribution in [0, 0.1) is 0 Å². The number of rotatable bonds is 3. The van der Waals surface area contributed by atoms with Gasteiger partial charge in [0.15, 0.2) is 5.13 Å². The summed E-state index contributed by atoms with van der Waals surface area (Å²) in [6.45, 7) is 0. The van der Waals surface area contributed by atoms with Crippen LogP contribution < -0.4 is 5.32 Å². The lowest BCUT2D eigenvalue weighted by molar-refractivity contribution is -0.111. The summed E-state index contributed by atoms with van der Waals surface area (Å²) in [5.74, 6) is -0.180. The van der Waals surface area contributed by atoms with Crippen LogP contribution in [0.2, 0.25) is 5.02 Å². The molecule has 1 aliphatic carbocycles. The van der Waals surface area contributed by atoms with Crippen molar-refractivity contribution in [2.24, 2.45) is 0 Å². The predicted octanol–water partition coefficient (Wildman–Crippen LogP) is 4.33. The molecule has 0 aliphatic heterocycles. The van der Waals surface area contributed by atoms with Gasteiger partial charge in [-0.05, 0) is 43.4 Å². The number of benzene rings is 1. The average Bonchev–Trinajstić information content (AvgIpc) is 2.88. The van der Waals surface area contributed by atoms with Crippen LogP contribution in [0.3, 0.4) is 0 Å². The molecule has 1 aliphatic rings. The number of anilines is 1. The number of amides is 1. The number of nitrogens with one attached hydrogen (secondary N) is 1. The molecule has 0 spiro atoms. The van der Waals surface area contributed by atoms with Gasteiger partial charge in [-0.15, -0.1) is 11.3 Å². The van der Waals surface area contributed by atoms with Gasteiger partial charge >= 0.3 is 0 Å². The molecule has 0 saturated carbocycles. The molecule has 2 aromatic rings. The van der Waals surface area contributed by atoms with Crippen LogP contribution in [-0.2, 0) is 17.6 Å². The van der Waals surface area contributed by atoms with E-state index in [0.29, 0.717) is 10.2 Å². The van der Waals surface area contributed by atoms with E-state index in [1.54, 1.807) is 23.5 Å². The summed E-state index contributed by atoms with van der Waals surface area (Å²) >= 11 is 7.63. The highest BCUT2D eigenvalue weighted by Crippen LogP contribution is 2.29. The topological polar surface area (TPSA) is 42.0 Å². The number of hydrogen-bond donors (Lipinski definition) is 1. The van der Waals surface area contributed by atoms with Gasteiger partial charge in [0.2, 0.25) is 5.91 Å². The first-order chi connectivity index (χ1) is 10.2. The van der Waals surface area contributed by atoms with Crippen molar-refractivity contribution in [1.29, 1.82) is 0 Å². The van der Waals surface area contributed by atoms with Gasteiger partial charge in [-0.3, -0.25) is 10.1 Å². The molecule has 1 N–H and O–H groups in total. The van der Waals surface area contributed by atoms with Crippen LogP contribution in [0.4, 0.5) is 5.13 Å². The highest BCUT2D eigenvalue weighted by atomic mass is 35.5. The predicted molar refractivity (Wildman–Crippen MR) is 87.9 cm³/mol. The van der Waals surface area contributed by atoms with E-state index in [4.69, 9.17) is 11.6 Å². The van der Waals surface area contributed by atoms with Gasteiger partial charge in [0, 0.05) is 16.0 Å². The van der Waals surface area contributed by atoms with Gasteiger partial charge in [-0.25, -0.2) is 4.98 Å². The zero-order chi connectivity index (χ0) is 14.7. The molecule has 108 valence electrons. The Morgan fingerprint density at radius 2 is 2.10 bits per heavy atom. The smallest absolute Gasteiger partial charge is 0.250 e. The molecule has 1 heterocycles. The standard InChI is InChI=1S/C16H15ClN2OS/c17-12-6-2-1-5-11(12)9-10-15(20)19-16-18-13-7-3-4-8-14(13)21-16/h1-2,5-6,9-10H,3-4,7-8H2,(H,18,19,20)/b10-9+. The molecule has 1 aromatic carbocycles. The lowest BCUT2D eigenvalue weighted by atomic mass is 10.0. The Bertz CT molecular complexity index is 670. The number of aryl methyl sites for hydroxylation is 2. The number of nitrogens with zero attached hydrogens (tertiary/aromatic N) is 1. The second-order valence-corrected chi connectivity index (χ2v) is 6.43. The van der Waals surface area contributed by atoms with Crippen LogP contribution in [0.5, 0.6) is 0 Å². The minimum absolute atomic E-state index is 0.180. The molecule has 0 bridgehead atoms. The maximum atomic E-state index is 11.9. The van der Waals surface area contributed by atoms with Crippen molar-refractivity contribution in [2.75, 3.05) is 5.32 Å². The van der Waals surface area contributed by atoms with Gasteiger partial charge in [-0.1, -0.05) is 29.8 Å².